The molecular formula is C19H23N3O3. The molecule has 0 saturated carbocycles. The molecule has 1 fully saturated rings. The summed E-state index contributed by atoms with van der Waals surface area (Å²) in [7, 11) is 0. The zero-order chi connectivity index (χ0) is 18.0. The molecule has 0 spiro atoms. The first-order chi connectivity index (χ1) is 12.0. The van der Waals surface area contributed by atoms with E-state index < -0.39 is 0 Å². The lowest BCUT2D eigenvalue weighted by Gasteiger charge is -2.41. The van der Waals surface area contributed by atoms with Gasteiger partial charge in [0.15, 0.2) is 0 Å². The van der Waals surface area contributed by atoms with E-state index in [0.717, 1.165) is 16.8 Å². The van der Waals surface area contributed by atoms with Crippen LogP contribution < -0.4 is 0 Å². The molecule has 1 atom stereocenters. The van der Waals surface area contributed by atoms with Crippen molar-refractivity contribution < 1.29 is 14.1 Å². The molecule has 6 heteroatoms. The van der Waals surface area contributed by atoms with Crippen LogP contribution in [0.1, 0.15) is 35.5 Å². The summed E-state index contributed by atoms with van der Waals surface area (Å²) in [5.41, 5.74) is 2.66. The lowest BCUT2D eigenvalue weighted by atomic mass is 10.0. The van der Waals surface area contributed by atoms with Crippen LogP contribution >= 0.6 is 0 Å². The number of aryl methyl sites for hydroxylation is 2. The number of nitrogens with zero attached hydrogens (tertiary/aromatic N) is 3. The van der Waals surface area contributed by atoms with Gasteiger partial charge in [-0.15, -0.1) is 0 Å². The van der Waals surface area contributed by atoms with Gasteiger partial charge >= 0.3 is 0 Å². The molecule has 6 nitrogen and oxygen atoms in total. The molecule has 1 aromatic heterocycles. The molecule has 0 radical (unpaired) electrons. The third-order valence-electron chi connectivity index (χ3n) is 4.83. The van der Waals surface area contributed by atoms with Gasteiger partial charge in [0.2, 0.25) is 11.8 Å². The fourth-order valence-electron chi connectivity index (χ4n) is 3.36. The first kappa shape index (κ1) is 17.2. The van der Waals surface area contributed by atoms with Crippen molar-refractivity contribution in [3.8, 4) is 0 Å². The Kier molecular flexibility index (Phi) is 4.88. The Bertz CT molecular complexity index is 750. The van der Waals surface area contributed by atoms with Crippen molar-refractivity contribution in [2.24, 2.45) is 0 Å². The SMILES string of the molecule is CC(=O)N1CCN(C(=O)Cc2c(C)noc2C)C[C@@H]1c1ccccc1. The summed E-state index contributed by atoms with van der Waals surface area (Å²) < 4.78 is 5.15. The average molecular weight is 341 g/mol. The third kappa shape index (κ3) is 3.57. The summed E-state index contributed by atoms with van der Waals surface area (Å²) in [5, 5.41) is 3.91. The fraction of sp³-hybridized carbons (Fsp3) is 0.421. The first-order valence-corrected chi connectivity index (χ1v) is 8.49. The molecule has 25 heavy (non-hydrogen) atoms. The molecule has 1 aliphatic heterocycles. The number of aromatic nitrogens is 1. The molecule has 2 heterocycles. The van der Waals surface area contributed by atoms with Gasteiger partial charge in [-0.1, -0.05) is 35.5 Å². The molecule has 0 bridgehead atoms. The number of amides is 2. The Balaban J connectivity index is 1.78. The van der Waals surface area contributed by atoms with Crippen molar-refractivity contribution in [1.82, 2.24) is 15.0 Å². The normalized spacial score (nSPS) is 17.6. The summed E-state index contributed by atoms with van der Waals surface area (Å²) in [6.07, 6.45) is 0.281. The van der Waals surface area contributed by atoms with Crippen LogP contribution in [-0.4, -0.2) is 46.4 Å². The van der Waals surface area contributed by atoms with E-state index in [1.165, 1.54) is 0 Å². The number of rotatable bonds is 3. The van der Waals surface area contributed by atoms with Gasteiger partial charge in [0, 0.05) is 32.1 Å². The second-order valence-corrected chi connectivity index (χ2v) is 6.46. The highest BCUT2D eigenvalue weighted by atomic mass is 16.5. The Labute approximate surface area is 147 Å². The predicted molar refractivity (Wildman–Crippen MR) is 92.8 cm³/mol. The second-order valence-electron chi connectivity index (χ2n) is 6.46. The van der Waals surface area contributed by atoms with Crippen molar-refractivity contribution in [1.29, 1.82) is 0 Å². The van der Waals surface area contributed by atoms with E-state index in [1.807, 2.05) is 54.0 Å². The van der Waals surface area contributed by atoms with E-state index in [9.17, 15) is 9.59 Å². The molecule has 0 N–H and O–H groups in total. The van der Waals surface area contributed by atoms with E-state index in [1.54, 1.807) is 6.92 Å². The zero-order valence-electron chi connectivity index (χ0n) is 14.9. The maximum absolute atomic E-state index is 12.8. The molecular weight excluding hydrogens is 318 g/mol. The minimum atomic E-state index is -0.110. The van der Waals surface area contributed by atoms with Crippen molar-refractivity contribution in [2.75, 3.05) is 19.6 Å². The predicted octanol–water partition coefficient (Wildman–Crippen LogP) is 2.27. The van der Waals surface area contributed by atoms with Crippen LogP contribution in [0.15, 0.2) is 34.9 Å². The molecule has 2 amide bonds. The highest BCUT2D eigenvalue weighted by molar-refractivity contribution is 5.80. The number of hydrogen-bond acceptors (Lipinski definition) is 4. The molecule has 2 aromatic rings. The molecule has 0 unspecified atom stereocenters. The smallest absolute Gasteiger partial charge is 0.227 e. The van der Waals surface area contributed by atoms with Crippen molar-refractivity contribution in [3.63, 3.8) is 0 Å². The van der Waals surface area contributed by atoms with Gasteiger partial charge in [0.05, 0.1) is 18.2 Å². The monoisotopic (exact) mass is 341 g/mol. The van der Waals surface area contributed by atoms with Crippen molar-refractivity contribution in [2.45, 2.75) is 33.2 Å². The third-order valence-corrected chi connectivity index (χ3v) is 4.83. The fourth-order valence-corrected chi connectivity index (χ4v) is 3.36. The molecule has 1 saturated heterocycles. The van der Waals surface area contributed by atoms with Crippen LogP contribution in [0.5, 0.6) is 0 Å². The Morgan fingerprint density at radius 2 is 1.92 bits per heavy atom. The molecule has 132 valence electrons. The van der Waals surface area contributed by atoms with Gasteiger partial charge in [-0.2, -0.15) is 0 Å². The topological polar surface area (TPSA) is 66.7 Å². The van der Waals surface area contributed by atoms with Crippen molar-refractivity contribution >= 4 is 11.8 Å². The summed E-state index contributed by atoms with van der Waals surface area (Å²) >= 11 is 0. The van der Waals surface area contributed by atoms with Crippen LogP contribution in [0.3, 0.4) is 0 Å². The number of carbonyl (C=O) groups excluding carboxylic acids is 2. The van der Waals surface area contributed by atoms with E-state index in [0.29, 0.717) is 25.4 Å². The maximum atomic E-state index is 12.8. The van der Waals surface area contributed by atoms with Gasteiger partial charge in [0.1, 0.15) is 5.76 Å². The van der Waals surface area contributed by atoms with Gasteiger partial charge in [0.25, 0.3) is 0 Å². The lowest BCUT2D eigenvalue weighted by molar-refractivity contribution is -0.141. The minimum absolute atomic E-state index is 0.0340. The average Bonchev–Trinajstić information content (AvgIpc) is 2.93. The van der Waals surface area contributed by atoms with E-state index in [-0.39, 0.29) is 24.3 Å². The second kappa shape index (κ2) is 7.09. The largest absolute Gasteiger partial charge is 0.361 e. The number of hydrogen-bond donors (Lipinski definition) is 0. The van der Waals surface area contributed by atoms with Gasteiger partial charge < -0.3 is 14.3 Å². The molecule has 1 aliphatic rings. The minimum Gasteiger partial charge on any atom is -0.361 e. The molecule has 3 rings (SSSR count). The van der Waals surface area contributed by atoms with Gasteiger partial charge in [-0.05, 0) is 19.4 Å². The zero-order valence-corrected chi connectivity index (χ0v) is 14.9. The molecule has 1 aromatic carbocycles. The Morgan fingerprint density at radius 1 is 1.20 bits per heavy atom. The van der Waals surface area contributed by atoms with Gasteiger partial charge in [-0.3, -0.25) is 9.59 Å². The number of piperazine rings is 1. The standard InChI is InChI=1S/C19H23N3O3/c1-13-17(14(2)25-20-13)11-19(24)21-9-10-22(15(3)23)18(12-21)16-7-5-4-6-8-16/h4-8,18H,9-12H2,1-3H3/t18-/m1/s1. The van der Waals surface area contributed by atoms with E-state index in [2.05, 4.69) is 5.16 Å². The van der Waals surface area contributed by atoms with Gasteiger partial charge in [-0.25, -0.2) is 0 Å². The highest BCUT2D eigenvalue weighted by Gasteiger charge is 2.32. The molecule has 0 aliphatic carbocycles. The van der Waals surface area contributed by atoms with Crippen molar-refractivity contribution in [3.05, 3.63) is 52.9 Å². The summed E-state index contributed by atoms with van der Waals surface area (Å²) in [5.74, 6) is 0.762. The Morgan fingerprint density at radius 3 is 2.52 bits per heavy atom. The van der Waals surface area contributed by atoms with E-state index in [4.69, 9.17) is 4.52 Å². The quantitative estimate of drug-likeness (QED) is 0.859. The van der Waals surface area contributed by atoms with Crippen LogP contribution in [-0.2, 0) is 16.0 Å². The number of benzene rings is 1. The maximum Gasteiger partial charge on any atom is 0.227 e. The number of carbonyl (C=O) groups is 2. The lowest BCUT2D eigenvalue weighted by Crippen LogP contribution is -2.52. The summed E-state index contributed by atoms with van der Waals surface area (Å²) in [4.78, 5) is 28.5. The highest BCUT2D eigenvalue weighted by Crippen LogP contribution is 2.26. The summed E-state index contributed by atoms with van der Waals surface area (Å²) in [6, 6.07) is 9.76. The summed E-state index contributed by atoms with van der Waals surface area (Å²) in [6.45, 7) is 6.85. The van der Waals surface area contributed by atoms with Crippen LogP contribution in [0.2, 0.25) is 0 Å². The first-order valence-electron chi connectivity index (χ1n) is 8.49. The van der Waals surface area contributed by atoms with Crippen LogP contribution in [0.25, 0.3) is 0 Å². The van der Waals surface area contributed by atoms with E-state index >= 15 is 0 Å². The Hall–Kier alpha value is -2.63. The van der Waals surface area contributed by atoms with Crippen LogP contribution in [0.4, 0.5) is 0 Å². The van der Waals surface area contributed by atoms with Crippen LogP contribution in [0, 0.1) is 13.8 Å².